The van der Waals surface area contributed by atoms with Crippen LogP contribution in [-0.4, -0.2) is 28.3 Å². The van der Waals surface area contributed by atoms with Gasteiger partial charge in [0.05, 0.1) is 24.8 Å². The van der Waals surface area contributed by atoms with Crippen LogP contribution in [0.1, 0.15) is 12.5 Å². The Morgan fingerprint density at radius 3 is 2.50 bits per heavy atom. The highest BCUT2D eigenvalue weighted by molar-refractivity contribution is 9.10. The van der Waals surface area contributed by atoms with Crippen LogP contribution in [0.3, 0.4) is 0 Å². The number of hydrazone groups is 1. The Hall–Kier alpha value is -2.06. The lowest BCUT2D eigenvalue weighted by atomic mass is 10.2. The highest BCUT2D eigenvalue weighted by atomic mass is 79.9. The molecule has 0 aliphatic rings. The van der Waals surface area contributed by atoms with Gasteiger partial charge in [-0.3, -0.25) is 0 Å². The van der Waals surface area contributed by atoms with Crippen LogP contribution in [0.15, 0.2) is 56.9 Å². The van der Waals surface area contributed by atoms with E-state index in [9.17, 15) is 8.42 Å². The van der Waals surface area contributed by atoms with Gasteiger partial charge in [0.25, 0.3) is 10.0 Å². The summed E-state index contributed by atoms with van der Waals surface area (Å²) in [5.41, 5.74) is 0.678. The molecule has 0 aliphatic heterocycles. The number of ether oxygens (including phenoxy) is 2. The molecule has 0 aliphatic carbocycles. The SMILES string of the molecule is CCOc1cc(/C=N\NS(=O)(=O)c2ccc(Br)cc2)ccc1OC. The second kappa shape index (κ2) is 8.16. The quantitative estimate of drug-likeness (QED) is 0.559. The topological polar surface area (TPSA) is 77.0 Å². The van der Waals surface area contributed by atoms with E-state index in [1.54, 1.807) is 37.4 Å². The third kappa shape index (κ3) is 4.72. The van der Waals surface area contributed by atoms with Crippen LogP contribution >= 0.6 is 15.9 Å². The van der Waals surface area contributed by atoms with Gasteiger partial charge in [0.1, 0.15) is 0 Å². The van der Waals surface area contributed by atoms with E-state index in [4.69, 9.17) is 9.47 Å². The molecule has 2 aromatic rings. The first-order valence-corrected chi connectivity index (χ1v) is 9.35. The zero-order valence-electron chi connectivity index (χ0n) is 13.2. The second-order valence-corrected chi connectivity index (χ2v) is 7.23. The van der Waals surface area contributed by atoms with Gasteiger partial charge in [-0.05, 0) is 55.0 Å². The molecule has 0 radical (unpaired) electrons. The van der Waals surface area contributed by atoms with Crippen LogP contribution < -0.4 is 14.3 Å². The Bertz CT molecular complexity index is 820. The monoisotopic (exact) mass is 412 g/mol. The number of sulfonamides is 1. The lowest BCUT2D eigenvalue weighted by Crippen LogP contribution is -2.18. The van der Waals surface area contributed by atoms with Gasteiger partial charge < -0.3 is 9.47 Å². The second-order valence-electron chi connectivity index (χ2n) is 4.65. The number of rotatable bonds is 7. The van der Waals surface area contributed by atoms with Gasteiger partial charge in [0, 0.05) is 4.47 Å². The molecule has 128 valence electrons. The molecule has 0 fully saturated rings. The molecule has 0 aromatic heterocycles. The van der Waals surface area contributed by atoms with Gasteiger partial charge in [0.15, 0.2) is 11.5 Å². The fourth-order valence-electron chi connectivity index (χ4n) is 1.88. The number of halogens is 1. The molecule has 0 atom stereocenters. The normalized spacial score (nSPS) is 11.5. The molecule has 1 N–H and O–H groups in total. The first-order chi connectivity index (χ1) is 11.5. The van der Waals surface area contributed by atoms with Crippen molar-refractivity contribution in [3.63, 3.8) is 0 Å². The predicted molar refractivity (Wildman–Crippen MR) is 96.2 cm³/mol. The summed E-state index contributed by atoms with van der Waals surface area (Å²) in [5.74, 6) is 1.17. The average Bonchev–Trinajstić information content (AvgIpc) is 2.56. The Balaban J connectivity index is 2.13. The van der Waals surface area contributed by atoms with Crippen LogP contribution in [0.2, 0.25) is 0 Å². The van der Waals surface area contributed by atoms with Crippen molar-refractivity contribution in [2.75, 3.05) is 13.7 Å². The molecule has 6 nitrogen and oxygen atoms in total. The molecule has 0 bridgehead atoms. The van der Waals surface area contributed by atoms with Crippen LogP contribution in [0.25, 0.3) is 0 Å². The molecule has 24 heavy (non-hydrogen) atoms. The standard InChI is InChI=1S/C16H17BrN2O4S/c1-3-23-16-10-12(4-9-15(16)22-2)11-18-19-24(20,21)14-7-5-13(17)6-8-14/h4-11,19H,3H2,1-2H3/b18-11-. The molecule has 2 rings (SSSR count). The lowest BCUT2D eigenvalue weighted by Gasteiger charge is -2.09. The highest BCUT2D eigenvalue weighted by Crippen LogP contribution is 2.27. The smallest absolute Gasteiger partial charge is 0.276 e. The van der Waals surface area contributed by atoms with Crippen molar-refractivity contribution in [1.29, 1.82) is 0 Å². The van der Waals surface area contributed by atoms with E-state index in [1.807, 2.05) is 6.92 Å². The first kappa shape index (κ1) is 18.3. The van der Waals surface area contributed by atoms with Crippen LogP contribution in [0.4, 0.5) is 0 Å². The number of benzene rings is 2. The maximum Gasteiger partial charge on any atom is 0.276 e. The van der Waals surface area contributed by atoms with Crippen molar-refractivity contribution >= 4 is 32.2 Å². The van der Waals surface area contributed by atoms with E-state index < -0.39 is 10.0 Å². The Kier molecular flexibility index (Phi) is 6.22. The van der Waals surface area contributed by atoms with Crippen molar-refractivity contribution in [3.05, 3.63) is 52.5 Å². The molecule has 2 aromatic carbocycles. The number of nitrogens with one attached hydrogen (secondary N) is 1. The van der Waals surface area contributed by atoms with Crippen LogP contribution in [0, 0.1) is 0 Å². The van der Waals surface area contributed by atoms with Crippen molar-refractivity contribution in [2.45, 2.75) is 11.8 Å². The largest absolute Gasteiger partial charge is 0.493 e. The summed E-state index contributed by atoms with van der Waals surface area (Å²) in [6.45, 7) is 2.36. The van der Waals surface area contributed by atoms with E-state index in [1.165, 1.54) is 18.3 Å². The van der Waals surface area contributed by atoms with Crippen LogP contribution in [0.5, 0.6) is 11.5 Å². The fourth-order valence-corrected chi connectivity index (χ4v) is 2.93. The van der Waals surface area contributed by atoms with E-state index in [0.717, 1.165) is 4.47 Å². The average molecular weight is 413 g/mol. The molecular weight excluding hydrogens is 396 g/mol. The number of hydrogen-bond acceptors (Lipinski definition) is 5. The third-order valence-electron chi connectivity index (χ3n) is 3.00. The van der Waals surface area contributed by atoms with E-state index in [2.05, 4.69) is 25.9 Å². The summed E-state index contributed by atoms with van der Waals surface area (Å²) in [6.07, 6.45) is 1.40. The van der Waals surface area contributed by atoms with Crippen molar-refractivity contribution in [2.24, 2.45) is 5.10 Å². The zero-order valence-corrected chi connectivity index (χ0v) is 15.6. The summed E-state index contributed by atoms with van der Waals surface area (Å²) < 4.78 is 35.7. The van der Waals surface area contributed by atoms with Gasteiger partial charge in [0.2, 0.25) is 0 Å². The van der Waals surface area contributed by atoms with E-state index in [-0.39, 0.29) is 4.90 Å². The number of nitrogens with zero attached hydrogens (tertiary/aromatic N) is 1. The van der Waals surface area contributed by atoms with Gasteiger partial charge in [-0.2, -0.15) is 13.5 Å². The predicted octanol–water partition coefficient (Wildman–Crippen LogP) is 3.17. The lowest BCUT2D eigenvalue weighted by molar-refractivity contribution is 0.311. The Labute approximate surface area is 149 Å². The van der Waals surface area contributed by atoms with Crippen LogP contribution in [-0.2, 0) is 10.0 Å². The summed E-state index contributed by atoms with van der Waals surface area (Å²) in [5, 5.41) is 3.80. The van der Waals surface area contributed by atoms with Gasteiger partial charge in [-0.1, -0.05) is 15.9 Å². The molecule has 0 unspecified atom stereocenters. The minimum absolute atomic E-state index is 0.132. The van der Waals surface area contributed by atoms with Crippen molar-refractivity contribution < 1.29 is 17.9 Å². The van der Waals surface area contributed by atoms with Gasteiger partial charge in [-0.25, -0.2) is 4.83 Å². The summed E-state index contributed by atoms with van der Waals surface area (Å²) in [4.78, 5) is 2.31. The summed E-state index contributed by atoms with van der Waals surface area (Å²) >= 11 is 3.26. The molecular formula is C16H17BrN2O4S. The fraction of sp³-hybridized carbons (Fsp3) is 0.188. The van der Waals surface area contributed by atoms with Gasteiger partial charge >= 0.3 is 0 Å². The number of methoxy groups -OCH3 is 1. The zero-order chi connectivity index (χ0) is 17.6. The Morgan fingerprint density at radius 1 is 1.17 bits per heavy atom. The summed E-state index contributed by atoms with van der Waals surface area (Å²) in [6, 6.07) is 11.5. The molecule has 0 amide bonds. The molecule has 0 heterocycles. The Morgan fingerprint density at radius 2 is 1.88 bits per heavy atom. The summed E-state index contributed by atoms with van der Waals surface area (Å²) in [7, 11) is -2.15. The molecule has 0 spiro atoms. The first-order valence-electron chi connectivity index (χ1n) is 7.07. The van der Waals surface area contributed by atoms with Crippen molar-refractivity contribution in [1.82, 2.24) is 4.83 Å². The van der Waals surface area contributed by atoms with Crippen molar-refractivity contribution in [3.8, 4) is 11.5 Å². The minimum Gasteiger partial charge on any atom is -0.493 e. The molecule has 0 saturated heterocycles. The maximum atomic E-state index is 12.1. The minimum atomic E-state index is -3.71. The highest BCUT2D eigenvalue weighted by Gasteiger charge is 2.12. The maximum absolute atomic E-state index is 12.1. The molecule has 8 heteroatoms. The number of hydrogen-bond donors (Lipinski definition) is 1. The van der Waals surface area contributed by atoms with E-state index in [0.29, 0.717) is 23.7 Å². The third-order valence-corrected chi connectivity index (χ3v) is 4.77. The van der Waals surface area contributed by atoms with Gasteiger partial charge in [-0.15, -0.1) is 0 Å². The molecule has 0 saturated carbocycles. The van der Waals surface area contributed by atoms with E-state index >= 15 is 0 Å².